The van der Waals surface area contributed by atoms with Crippen molar-refractivity contribution in [2.45, 2.75) is 19.3 Å². The van der Waals surface area contributed by atoms with Crippen LogP contribution in [0.4, 0.5) is 0 Å². The number of para-hydroxylation sites is 1. The lowest BCUT2D eigenvalue weighted by Crippen LogP contribution is -2.24. The number of carbonyl (C=O) groups is 1. The Labute approximate surface area is 100 Å². The van der Waals surface area contributed by atoms with Crippen molar-refractivity contribution in [2.75, 3.05) is 13.1 Å². The predicted octanol–water partition coefficient (Wildman–Crippen LogP) is 0.387. The van der Waals surface area contributed by atoms with Crippen LogP contribution < -0.4 is 15.9 Å². The Morgan fingerprint density at radius 2 is 2.12 bits per heavy atom. The molecule has 1 heterocycles. The molecule has 0 aromatic heterocycles. The summed E-state index contributed by atoms with van der Waals surface area (Å²) in [5, 5.41) is 5.26. The summed E-state index contributed by atoms with van der Waals surface area (Å²) in [6, 6.07) is 7.77. The van der Waals surface area contributed by atoms with E-state index in [1.54, 1.807) is 0 Å². The van der Waals surface area contributed by atoms with Gasteiger partial charge in [0.05, 0.1) is 5.36 Å². The van der Waals surface area contributed by atoms with Gasteiger partial charge in [0, 0.05) is 10.8 Å². The van der Waals surface area contributed by atoms with Crippen molar-refractivity contribution in [3.05, 3.63) is 34.8 Å². The van der Waals surface area contributed by atoms with Gasteiger partial charge in [-0.25, -0.2) is 4.99 Å². The summed E-state index contributed by atoms with van der Waals surface area (Å²) in [7, 11) is 0. The van der Waals surface area contributed by atoms with Crippen LogP contribution in [-0.2, 0) is 4.79 Å². The minimum absolute atomic E-state index is 0.0561. The van der Waals surface area contributed by atoms with Gasteiger partial charge >= 0.3 is 0 Å². The zero-order chi connectivity index (χ0) is 11.7. The molecule has 3 nitrogen and oxygen atoms in total. The van der Waals surface area contributed by atoms with Crippen molar-refractivity contribution >= 4 is 11.5 Å². The minimum Gasteiger partial charge on any atom is -0.316 e. The lowest BCUT2D eigenvalue weighted by molar-refractivity contribution is -0.112. The maximum atomic E-state index is 11.7. The smallest absolute Gasteiger partial charge is 0.274 e. The molecule has 0 atom stereocenters. The van der Waals surface area contributed by atoms with Crippen LogP contribution in [0.15, 0.2) is 29.3 Å². The monoisotopic (exact) mass is 228 g/mol. The van der Waals surface area contributed by atoms with Crippen molar-refractivity contribution in [3.63, 3.8) is 0 Å². The number of carbonyl (C=O) groups excluding carboxylic acids is 1. The molecule has 1 amide bonds. The van der Waals surface area contributed by atoms with Crippen LogP contribution in [0.1, 0.15) is 19.3 Å². The number of hydrogen-bond acceptors (Lipinski definition) is 2. The van der Waals surface area contributed by atoms with Crippen LogP contribution in [0.2, 0.25) is 0 Å². The average Bonchev–Trinajstić information content (AvgIpc) is 3.09. The first-order valence-corrected chi connectivity index (χ1v) is 6.26. The fourth-order valence-corrected chi connectivity index (χ4v) is 2.20. The van der Waals surface area contributed by atoms with E-state index in [-0.39, 0.29) is 5.91 Å². The summed E-state index contributed by atoms with van der Waals surface area (Å²) in [5.74, 6) is 0.829. The molecule has 1 N–H and O–H groups in total. The summed E-state index contributed by atoms with van der Waals surface area (Å²) < 4.78 is 0. The van der Waals surface area contributed by atoms with Crippen molar-refractivity contribution in [2.24, 2.45) is 10.9 Å². The first-order valence-electron chi connectivity index (χ1n) is 6.26. The molecule has 88 valence electrons. The van der Waals surface area contributed by atoms with Gasteiger partial charge in [0.2, 0.25) is 0 Å². The van der Waals surface area contributed by atoms with Gasteiger partial charge in [0.25, 0.3) is 5.91 Å². The first-order chi connectivity index (χ1) is 8.34. The van der Waals surface area contributed by atoms with E-state index in [1.165, 1.54) is 12.8 Å². The third-order valence-electron chi connectivity index (χ3n) is 3.39. The second-order valence-corrected chi connectivity index (χ2v) is 4.81. The van der Waals surface area contributed by atoms with Crippen LogP contribution in [0.25, 0.3) is 5.57 Å². The van der Waals surface area contributed by atoms with Crippen molar-refractivity contribution in [1.82, 2.24) is 5.32 Å². The Hall–Kier alpha value is -1.48. The number of benzene rings is 1. The molecule has 1 aromatic rings. The second-order valence-electron chi connectivity index (χ2n) is 4.81. The fraction of sp³-hybridized carbons (Fsp3) is 0.429. The summed E-state index contributed by atoms with van der Waals surface area (Å²) in [6.45, 7) is 1.97. The average molecular weight is 228 g/mol. The van der Waals surface area contributed by atoms with E-state index in [2.05, 4.69) is 10.3 Å². The molecule has 0 unspecified atom stereocenters. The Morgan fingerprint density at radius 3 is 2.94 bits per heavy atom. The highest BCUT2D eigenvalue weighted by Crippen LogP contribution is 2.27. The normalized spacial score (nSPS) is 18.1. The van der Waals surface area contributed by atoms with Gasteiger partial charge in [-0.05, 0) is 44.3 Å². The van der Waals surface area contributed by atoms with Crippen LogP contribution in [0.3, 0.4) is 0 Å². The molecule has 2 aliphatic rings. The van der Waals surface area contributed by atoms with Crippen molar-refractivity contribution < 1.29 is 4.79 Å². The number of nitrogens with one attached hydrogen (secondary N) is 1. The molecule has 3 heteroatoms. The summed E-state index contributed by atoms with van der Waals surface area (Å²) in [5.41, 5.74) is 0.865. The molecule has 0 radical (unpaired) electrons. The van der Waals surface area contributed by atoms with E-state index < -0.39 is 0 Å². The van der Waals surface area contributed by atoms with Crippen molar-refractivity contribution in [3.8, 4) is 0 Å². The molecule has 17 heavy (non-hydrogen) atoms. The maximum absolute atomic E-state index is 11.7. The van der Waals surface area contributed by atoms with E-state index in [9.17, 15) is 4.79 Å². The molecule has 0 saturated heterocycles. The summed E-state index contributed by atoms with van der Waals surface area (Å²) in [4.78, 5) is 15.8. The van der Waals surface area contributed by atoms with Gasteiger partial charge in [0.15, 0.2) is 0 Å². The van der Waals surface area contributed by atoms with E-state index in [0.717, 1.165) is 41.6 Å². The molecule has 1 fully saturated rings. The number of nitrogens with zero attached hydrogens (tertiary/aromatic N) is 1. The second kappa shape index (κ2) is 4.41. The summed E-state index contributed by atoms with van der Waals surface area (Å²) >= 11 is 0. The van der Waals surface area contributed by atoms with Crippen LogP contribution in [-0.4, -0.2) is 19.0 Å². The van der Waals surface area contributed by atoms with Crippen LogP contribution in [0, 0.1) is 5.92 Å². The summed E-state index contributed by atoms with van der Waals surface area (Å²) in [6.07, 6.45) is 3.51. The molecule has 1 saturated carbocycles. The van der Waals surface area contributed by atoms with Gasteiger partial charge < -0.3 is 5.32 Å². The third kappa shape index (κ3) is 2.29. The lowest BCUT2D eigenvalue weighted by atomic mass is 10.1. The molecule has 0 spiro atoms. The topological polar surface area (TPSA) is 41.5 Å². The van der Waals surface area contributed by atoms with Gasteiger partial charge in [-0.3, -0.25) is 4.79 Å². The van der Waals surface area contributed by atoms with E-state index in [4.69, 9.17) is 0 Å². The van der Waals surface area contributed by atoms with E-state index >= 15 is 0 Å². The molecule has 3 rings (SSSR count). The Balaban J connectivity index is 1.69. The molecular formula is C14H16N2O. The minimum atomic E-state index is -0.0561. The predicted molar refractivity (Wildman–Crippen MR) is 65.8 cm³/mol. The quantitative estimate of drug-likeness (QED) is 0.741. The highest BCUT2D eigenvalue weighted by Gasteiger charge is 2.20. The third-order valence-corrected chi connectivity index (χ3v) is 3.39. The van der Waals surface area contributed by atoms with Crippen molar-refractivity contribution in [1.29, 1.82) is 0 Å². The van der Waals surface area contributed by atoms with Gasteiger partial charge in [0.1, 0.15) is 0 Å². The zero-order valence-corrected chi connectivity index (χ0v) is 9.78. The Bertz CT molecular complexity index is 558. The van der Waals surface area contributed by atoms with Gasteiger partial charge in [-0.1, -0.05) is 18.2 Å². The molecule has 1 aliphatic carbocycles. The van der Waals surface area contributed by atoms with Crippen LogP contribution in [0.5, 0.6) is 0 Å². The number of fused-ring (bicyclic) bond motifs is 1. The van der Waals surface area contributed by atoms with Crippen LogP contribution >= 0.6 is 0 Å². The largest absolute Gasteiger partial charge is 0.316 e. The highest BCUT2D eigenvalue weighted by atomic mass is 16.1. The SMILES string of the molecule is O=C1N=c2ccccc2=C1CCNCC1CC1. The first kappa shape index (κ1) is 10.7. The standard InChI is InChI=1S/C14H16N2O/c17-14-12(7-8-15-9-10-5-6-10)11-3-1-2-4-13(11)16-14/h1-4,10,15H,5-9H2. The number of hydrogen-bond donors (Lipinski definition) is 1. The number of amides is 1. The van der Waals surface area contributed by atoms with E-state index in [0.29, 0.717) is 0 Å². The Kier molecular flexibility index (Phi) is 2.77. The maximum Gasteiger partial charge on any atom is 0.274 e. The lowest BCUT2D eigenvalue weighted by Gasteiger charge is -2.03. The molecule has 1 aliphatic heterocycles. The highest BCUT2D eigenvalue weighted by molar-refractivity contribution is 6.15. The van der Waals surface area contributed by atoms with E-state index in [1.807, 2.05) is 24.3 Å². The molecule has 0 bridgehead atoms. The zero-order valence-electron chi connectivity index (χ0n) is 9.78. The Morgan fingerprint density at radius 1 is 1.29 bits per heavy atom. The van der Waals surface area contributed by atoms with Gasteiger partial charge in [-0.2, -0.15) is 0 Å². The fourth-order valence-electron chi connectivity index (χ4n) is 2.20. The molecule has 1 aromatic carbocycles. The number of rotatable bonds is 5. The van der Waals surface area contributed by atoms with Gasteiger partial charge in [-0.15, -0.1) is 0 Å². The molecular weight excluding hydrogens is 212 g/mol.